The van der Waals surface area contributed by atoms with E-state index >= 15 is 0 Å². The zero-order valence-electron chi connectivity index (χ0n) is 14.5. The quantitative estimate of drug-likeness (QED) is 0.602. The van der Waals surface area contributed by atoms with E-state index in [2.05, 4.69) is 25.4 Å². The molecule has 8 heteroatoms. The highest BCUT2D eigenvalue weighted by atomic mass is 32.1. The van der Waals surface area contributed by atoms with Gasteiger partial charge in [0.1, 0.15) is 10.7 Å². The number of anilines is 1. The molecule has 0 unspecified atom stereocenters. The number of hydrogen-bond acceptors (Lipinski definition) is 6. The van der Waals surface area contributed by atoms with Crippen LogP contribution in [-0.2, 0) is 0 Å². The fourth-order valence-corrected chi connectivity index (χ4v) is 4.11. The summed E-state index contributed by atoms with van der Waals surface area (Å²) in [6.45, 7) is 5.72. The van der Waals surface area contributed by atoms with Crippen LogP contribution in [0.15, 0.2) is 36.8 Å². The topological polar surface area (TPSA) is 85.6 Å². The molecule has 0 bridgehead atoms. The number of aryl methyl sites for hydroxylation is 3. The summed E-state index contributed by atoms with van der Waals surface area (Å²) in [4.78, 5) is 27.6. The van der Waals surface area contributed by atoms with Crippen LogP contribution in [0.2, 0.25) is 0 Å². The molecular formula is C18H16N6OS. The first-order valence-corrected chi connectivity index (χ1v) is 8.87. The zero-order chi connectivity index (χ0) is 18.3. The van der Waals surface area contributed by atoms with Gasteiger partial charge in [-0.25, -0.2) is 19.6 Å². The van der Waals surface area contributed by atoms with E-state index in [1.165, 1.54) is 11.3 Å². The Hall–Kier alpha value is -3.13. The van der Waals surface area contributed by atoms with Crippen LogP contribution in [0.1, 0.15) is 26.8 Å². The van der Waals surface area contributed by atoms with Crippen molar-refractivity contribution in [3.05, 3.63) is 58.7 Å². The van der Waals surface area contributed by atoms with E-state index in [1.807, 2.05) is 20.8 Å². The predicted octanol–water partition coefficient (Wildman–Crippen LogP) is 3.45. The third-order valence-corrected chi connectivity index (χ3v) is 5.23. The third-order valence-electron chi connectivity index (χ3n) is 4.05. The fraction of sp³-hybridized carbons (Fsp3) is 0.167. The number of hydrogen-bond donors (Lipinski definition) is 1. The van der Waals surface area contributed by atoms with Gasteiger partial charge in [-0.15, -0.1) is 11.3 Å². The first-order chi connectivity index (χ1) is 12.5. The number of fused-ring (bicyclic) bond motifs is 1. The summed E-state index contributed by atoms with van der Waals surface area (Å²) in [5, 5.41) is 8.09. The molecule has 0 spiro atoms. The van der Waals surface area contributed by atoms with E-state index in [4.69, 9.17) is 0 Å². The number of amides is 1. The minimum absolute atomic E-state index is 0.191. The van der Waals surface area contributed by atoms with Gasteiger partial charge in [0.15, 0.2) is 5.82 Å². The Kier molecular flexibility index (Phi) is 3.96. The van der Waals surface area contributed by atoms with Gasteiger partial charge in [-0.2, -0.15) is 5.10 Å². The van der Waals surface area contributed by atoms with Crippen LogP contribution in [0.3, 0.4) is 0 Å². The fourth-order valence-electron chi connectivity index (χ4n) is 2.94. The molecule has 4 rings (SSSR count). The molecule has 0 aliphatic heterocycles. The molecule has 0 fully saturated rings. The van der Waals surface area contributed by atoms with Crippen molar-refractivity contribution in [2.75, 3.05) is 5.32 Å². The molecule has 130 valence electrons. The lowest BCUT2D eigenvalue weighted by Crippen LogP contribution is -2.14. The van der Waals surface area contributed by atoms with Crippen molar-refractivity contribution in [2.45, 2.75) is 20.8 Å². The van der Waals surface area contributed by atoms with Crippen molar-refractivity contribution in [1.29, 1.82) is 0 Å². The van der Waals surface area contributed by atoms with Crippen molar-refractivity contribution >= 4 is 33.1 Å². The molecule has 0 saturated carbocycles. The number of pyridine rings is 1. The summed E-state index contributed by atoms with van der Waals surface area (Å²) in [7, 11) is 0. The average molecular weight is 364 g/mol. The predicted molar refractivity (Wildman–Crippen MR) is 101 cm³/mol. The van der Waals surface area contributed by atoms with Gasteiger partial charge in [0.25, 0.3) is 5.91 Å². The van der Waals surface area contributed by atoms with E-state index in [1.54, 1.807) is 41.5 Å². The van der Waals surface area contributed by atoms with Gasteiger partial charge in [-0.1, -0.05) is 0 Å². The highest BCUT2D eigenvalue weighted by Gasteiger charge is 2.20. The summed E-state index contributed by atoms with van der Waals surface area (Å²) < 4.78 is 1.62. The standard InChI is InChI=1S/C18H16N6OS/c1-10-14-11(2)21-12(3)22-18(14)26-15(10)17(25)23-13-6-4-7-19-16(13)24-9-5-8-20-24/h4-9H,1-3H3,(H,23,25). The van der Waals surface area contributed by atoms with Gasteiger partial charge >= 0.3 is 0 Å². The normalized spacial score (nSPS) is 11.0. The van der Waals surface area contributed by atoms with E-state index in [0.29, 0.717) is 22.2 Å². The lowest BCUT2D eigenvalue weighted by atomic mass is 10.1. The second-order valence-electron chi connectivity index (χ2n) is 5.87. The molecule has 0 saturated heterocycles. The van der Waals surface area contributed by atoms with Crippen LogP contribution in [0.4, 0.5) is 5.69 Å². The van der Waals surface area contributed by atoms with E-state index in [0.717, 1.165) is 21.5 Å². The number of thiophene rings is 1. The second kappa shape index (κ2) is 6.30. The summed E-state index contributed by atoms with van der Waals surface area (Å²) in [5.41, 5.74) is 2.38. The molecular weight excluding hydrogens is 348 g/mol. The number of carbonyl (C=O) groups is 1. The van der Waals surface area contributed by atoms with Gasteiger partial charge in [0.2, 0.25) is 0 Å². The van der Waals surface area contributed by atoms with Crippen molar-refractivity contribution in [1.82, 2.24) is 24.7 Å². The Labute approximate surface area is 153 Å². The molecule has 0 aliphatic carbocycles. The van der Waals surface area contributed by atoms with Gasteiger partial charge in [-0.05, 0) is 44.5 Å². The molecule has 7 nitrogen and oxygen atoms in total. The highest BCUT2D eigenvalue weighted by molar-refractivity contribution is 7.20. The summed E-state index contributed by atoms with van der Waals surface area (Å²) in [5.74, 6) is 1.08. The Morgan fingerprint density at radius 3 is 2.77 bits per heavy atom. The van der Waals surface area contributed by atoms with Crippen LogP contribution in [0.5, 0.6) is 0 Å². The molecule has 4 heterocycles. The molecule has 0 aromatic carbocycles. The van der Waals surface area contributed by atoms with E-state index < -0.39 is 0 Å². The van der Waals surface area contributed by atoms with Crippen LogP contribution in [0.25, 0.3) is 16.0 Å². The molecule has 4 aromatic rings. The average Bonchev–Trinajstić information content (AvgIpc) is 3.23. The molecule has 1 N–H and O–H groups in total. The largest absolute Gasteiger partial charge is 0.318 e. The maximum Gasteiger partial charge on any atom is 0.266 e. The highest BCUT2D eigenvalue weighted by Crippen LogP contribution is 2.32. The Bertz CT molecular complexity index is 1120. The number of nitrogens with zero attached hydrogens (tertiary/aromatic N) is 5. The summed E-state index contributed by atoms with van der Waals surface area (Å²) in [6.07, 6.45) is 5.11. The molecule has 0 radical (unpaired) electrons. The number of rotatable bonds is 3. The molecule has 26 heavy (non-hydrogen) atoms. The number of aromatic nitrogens is 5. The Morgan fingerprint density at radius 2 is 2.00 bits per heavy atom. The van der Waals surface area contributed by atoms with Crippen molar-refractivity contribution in [2.24, 2.45) is 0 Å². The maximum absolute atomic E-state index is 12.9. The molecule has 0 atom stereocenters. The van der Waals surface area contributed by atoms with Gasteiger partial charge in [-0.3, -0.25) is 4.79 Å². The first-order valence-electron chi connectivity index (χ1n) is 8.05. The van der Waals surface area contributed by atoms with Crippen LogP contribution in [-0.4, -0.2) is 30.6 Å². The van der Waals surface area contributed by atoms with Gasteiger partial charge in [0.05, 0.1) is 10.6 Å². The van der Waals surface area contributed by atoms with Crippen molar-refractivity contribution in [3.63, 3.8) is 0 Å². The first kappa shape index (κ1) is 16.3. The van der Waals surface area contributed by atoms with E-state index in [-0.39, 0.29) is 5.91 Å². The van der Waals surface area contributed by atoms with Crippen molar-refractivity contribution < 1.29 is 4.79 Å². The molecule has 4 aromatic heterocycles. The van der Waals surface area contributed by atoms with Crippen LogP contribution >= 0.6 is 11.3 Å². The number of carbonyl (C=O) groups excluding carboxylic acids is 1. The van der Waals surface area contributed by atoms with Gasteiger partial charge in [0, 0.05) is 29.7 Å². The lowest BCUT2D eigenvalue weighted by molar-refractivity contribution is 0.103. The minimum Gasteiger partial charge on any atom is -0.318 e. The second-order valence-corrected chi connectivity index (χ2v) is 6.87. The van der Waals surface area contributed by atoms with Crippen molar-refractivity contribution in [3.8, 4) is 5.82 Å². The monoisotopic (exact) mass is 364 g/mol. The Morgan fingerprint density at radius 1 is 1.15 bits per heavy atom. The SMILES string of the molecule is Cc1nc(C)c2c(C)c(C(=O)Nc3cccnc3-n3cccn3)sc2n1. The summed E-state index contributed by atoms with van der Waals surface area (Å²) >= 11 is 1.38. The van der Waals surface area contributed by atoms with E-state index in [9.17, 15) is 4.79 Å². The molecule has 1 amide bonds. The Balaban J connectivity index is 1.74. The zero-order valence-corrected chi connectivity index (χ0v) is 15.3. The minimum atomic E-state index is -0.191. The van der Waals surface area contributed by atoms with Gasteiger partial charge < -0.3 is 5.32 Å². The third kappa shape index (κ3) is 2.74. The lowest BCUT2D eigenvalue weighted by Gasteiger charge is -2.09. The van der Waals surface area contributed by atoms with Crippen LogP contribution in [0, 0.1) is 20.8 Å². The molecule has 0 aliphatic rings. The maximum atomic E-state index is 12.9. The van der Waals surface area contributed by atoms with Crippen LogP contribution < -0.4 is 5.32 Å². The smallest absolute Gasteiger partial charge is 0.266 e. The summed E-state index contributed by atoms with van der Waals surface area (Å²) in [6, 6.07) is 5.39. The number of nitrogens with one attached hydrogen (secondary N) is 1.